The van der Waals surface area contributed by atoms with Gasteiger partial charge >= 0.3 is 6.61 Å². The van der Waals surface area contributed by atoms with Gasteiger partial charge in [-0.25, -0.2) is 4.39 Å². The molecule has 0 aromatic heterocycles. The van der Waals surface area contributed by atoms with E-state index < -0.39 is 12.4 Å². The van der Waals surface area contributed by atoms with E-state index in [9.17, 15) is 18.0 Å². The number of alkyl halides is 2. The lowest BCUT2D eigenvalue weighted by molar-refractivity contribution is -0.118. The van der Waals surface area contributed by atoms with Crippen molar-refractivity contribution in [3.63, 3.8) is 0 Å². The highest BCUT2D eigenvalue weighted by Gasteiger charge is 2.11. The Bertz CT molecular complexity index is 492. The number of hydrogen-bond donors (Lipinski definition) is 1. The molecule has 6 heteroatoms. The van der Waals surface area contributed by atoms with Crippen LogP contribution in [0.3, 0.4) is 0 Å². The molecule has 0 saturated carbocycles. The number of carbonyl (C=O) groups excluding carboxylic acids is 1. The largest absolute Gasteiger partial charge is 0.433 e. The van der Waals surface area contributed by atoms with Crippen LogP contribution in [-0.4, -0.2) is 19.1 Å². The molecule has 0 atom stereocenters. The summed E-state index contributed by atoms with van der Waals surface area (Å²) in [5, 5.41) is 2.37. The van der Waals surface area contributed by atoms with Crippen LogP contribution in [0.4, 0.5) is 13.2 Å². The lowest BCUT2D eigenvalue weighted by Crippen LogP contribution is -2.19. The predicted molar refractivity (Wildman–Crippen MR) is 58.6 cm³/mol. The molecule has 1 rings (SSSR count). The first kappa shape index (κ1) is 13.9. The number of amides is 1. The van der Waals surface area contributed by atoms with Crippen LogP contribution in [0.15, 0.2) is 18.2 Å². The smallest absolute Gasteiger partial charge is 0.387 e. The summed E-state index contributed by atoms with van der Waals surface area (Å²) in [5.41, 5.74) is -0.261. The van der Waals surface area contributed by atoms with E-state index in [4.69, 9.17) is 0 Å². The Labute approximate surface area is 102 Å². The van der Waals surface area contributed by atoms with Gasteiger partial charge in [0.05, 0.1) is 6.54 Å². The van der Waals surface area contributed by atoms with Crippen molar-refractivity contribution in [2.75, 3.05) is 6.54 Å². The molecule has 0 unspecified atom stereocenters. The molecule has 0 aliphatic heterocycles. The Morgan fingerprint density at radius 3 is 2.83 bits per heavy atom. The van der Waals surface area contributed by atoms with Gasteiger partial charge in [-0.3, -0.25) is 4.79 Å². The maximum absolute atomic E-state index is 13.4. The molecule has 3 nitrogen and oxygen atoms in total. The third-order valence-corrected chi connectivity index (χ3v) is 1.83. The van der Waals surface area contributed by atoms with E-state index in [1.807, 2.05) is 0 Å². The molecule has 1 amide bonds. The fraction of sp³-hybridized carbons (Fsp3) is 0.250. The molecule has 1 N–H and O–H groups in total. The van der Waals surface area contributed by atoms with Crippen molar-refractivity contribution in [2.45, 2.75) is 13.5 Å². The van der Waals surface area contributed by atoms with E-state index in [0.717, 1.165) is 6.07 Å². The summed E-state index contributed by atoms with van der Waals surface area (Å²) in [6, 6.07) is 3.52. The zero-order valence-electron chi connectivity index (χ0n) is 9.47. The van der Waals surface area contributed by atoms with Crippen LogP contribution in [0.1, 0.15) is 12.5 Å². The summed E-state index contributed by atoms with van der Waals surface area (Å²) in [7, 11) is 0. The van der Waals surface area contributed by atoms with Gasteiger partial charge in [0.2, 0.25) is 5.91 Å². The van der Waals surface area contributed by atoms with Gasteiger partial charge in [0.1, 0.15) is 17.1 Å². The van der Waals surface area contributed by atoms with E-state index in [1.54, 1.807) is 0 Å². The molecule has 0 saturated heterocycles. The number of nitrogens with one attached hydrogen (secondary N) is 1. The highest BCUT2D eigenvalue weighted by molar-refractivity contribution is 5.73. The van der Waals surface area contributed by atoms with Gasteiger partial charge in [0, 0.05) is 6.92 Å². The zero-order chi connectivity index (χ0) is 13.5. The number of halogens is 3. The van der Waals surface area contributed by atoms with Crippen LogP contribution in [0.25, 0.3) is 0 Å². The molecule has 0 spiro atoms. The molecule has 1 aromatic rings. The number of rotatable bonds is 3. The third kappa shape index (κ3) is 4.37. The molecule has 96 valence electrons. The van der Waals surface area contributed by atoms with E-state index in [1.165, 1.54) is 19.1 Å². The number of ether oxygens (including phenoxy) is 1. The molecule has 0 aliphatic carbocycles. The fourth-order valence-electron chi connectivity index (χ4n) is 1.12. The summed E-state index contributed by atoms with van der Waals surface area (Å²) >= 11 is 0. The maximum Gasteiger partial charge on any atom is 0.387 e. The highest BCUT2D eigenvalue weighted by Crippen LogP contribution is 2.22. The minimum Gasteiger partial charge on any atom is -0.433 e. The van der Waals surface area contributed by atoms with Gasteiger partial charge in [0.15, 0.2) is 0 Å². The van der Waals surface area contributed by atoms with Crippen molar-refractivity contribution in [2.24, 2.45) is 0 Å². The minimum absolute atomic E-state index is 0.00220. The van der Waals surface area contributed by atoms with Gasteiger partial charge in [-0.15, -0.1) is 0 Å². The first-order valence-electron chi connectivity index (χ1n) is 4.97. The van der Waals surface area contributed by atoms with Crippen molar-refractivity contribution in [3.05, 3.63) is 29.6 Å². The lowest BCUT2D eigenvalue weighted by Gasteiger charge is -2.06. The average Bonchev–Trinajstić information content (AvgIpc) is 2.26. The fourth-order valence-corrected chi connectivity index (χ4v) is 1.12. The topological polar surface area (TPSA) is 38.3 Å². The Morgan fingerprint density at radius 2 is 2.22 bits per heavy atom. The van der Waals surface area contributed by atoms with Gasteiger partial charge in [-0.05, 0) is 12.1 Å². The zero-order valence-corrected chi connectivity index (χ0v) is 9.47. The van der Waals surface area contributed by atoms with Gasteiger partial charge < -0.3 is 10.1 Å². The van der Waals surface area contributed by atoms with Gasteiger partial charge in [0.25, 0.3) is 0 Å². The maximum atomic E-state index is 13.4. The highest BCUT2D eigenvalue weighted by atomic mass is 19.3. The average molecular weight is 257 g/mol. The van der Waals surface area contributed by atoms with E-state index >= 15 is 0 Å². The molecule has 1 aromatic carbocycles. The normalized spacial score (nSPS) is 9.61. The van der Waals surface area contributed by atoms with Gasteiger partial charge in [-0.1, -0.05) is 17.9 Å². The Hall–Kier alpha value is -2.16. The second-order valence-electron chi connectivity index (χ2n) is 3.20. The minimum atomic E-state index is -3.05. The van der Waals surface area contributed by atoms with Crippen LogP contribution in [-0.2, 0) is 4.79 Å². The third-order valence-electron chi connectivity index (χ3n) is 1.83. The standard InChI is InChI=1S/C12H10F3NO2/c1-8(17)16-7-3-4-9-10(13)5-2-6-11(9)18-12(14)15/h2,5-6,12H,7H2,1H3,(H,16,17). The van der Waals surface area contributed by atoms with Crippen molar-refractivity contribution in [1.82, 2.24) is 5.32 Å². The second kappa shape index (κ2) is 6.55. The van der Waals surface area contributed by atoms with E-state index in [0.29, 0.717) is 0 Å². The van der Waals surface area contributed by atoms with Crippen LogP contribution < -0.4 is 10.1 Å². The number of carbonyl (C=O) groups is 1. The summed E-state index contributed by atoms with van der Waals surface area (Å²) in [6.45, 7) is -1.75. The first-order chi connectivity index (χ1) is 8.50. The molecular formula is C12H10F3NO2. The lowest BCUT2D eigenvalue weighted by atomic mass is 10.2. The first-order valence-corrected chi connectivity index (χ1v) is 4.97. The van der Waals surface area contributed by atoms with Crippen LogP contribution in [0, 0.1) is 17.7 Å². The predicted octanol–water partition coefficient (Wildman–Crippen LogP) is 1.91. The molecular weight excluding hydrogens is 247 g/mol. The SMILES string of the molecule is CC(=O)NCC#Cc1c(F)cccc1OC(F)F. The quantitative estimate of drug-likeness (QED) is 0.840. The van der Waals surface area contributed by atoms with Crippen molar-refractivity contribution < 1.29 is 22.7 Å². The van der Waals surface area contributed by atoms with Crippen molar-refractivity contribution in [1.29, 1.82) is 0 Å². The summed E-state index contributed by atoms with van der Waals surface area (Å²) < 4.78 is 41.7. The Balaban J connectivity index is 2.88. The summed E-state index contributed by atoms with van der Waals surface area (Å²) in [5.74, 6) is 3.40. The number of benzene rings is 1. The van der Waals surface area contributed by atoms with Crippen molar-refractivity contribution >= 4 is 5.91 Å². The van der Waals surface area contributed by atoms with Crippen molar-refractivity contribution in [3.8, 4) is 17.6 Å². The van der Waals surface area contributed by atoms with Gasteiger partial charge in [-0.2, -0.15) is 8.78 Å². The van der Waals surface area contributed by atoms with Crippen LogP contribution in [0.2, 0.25) is 0 Å². The summed E-state index contributed by atoms with van der Waals surface area (Å²) in [4.78, 5) is 10.6. The molecule has 0 radical (unpaired) electrons. The molecule has 0 bridgehead atoms. The number of hydrogen-bond acceptors (Lipinski definition) is 2. The second-order valence-corrected chi connectivity index (χ2v) is 3.20. The molecule has 0 heterocycles. The summed E-state index contributed by atoms with van der Waals surface area (Å²) in [6.07, 6.45) is 0. The molecule has 0 aliphatic rings. The van der Waals surface area contributed by atoms with Crippen LogP contribution >= 0.6 is 0 Å². The van der Waals surface area contributed by atoms with E-state index in [-0.39, 0.29) is 23.8 Å². The Kier molecular flexibility index (Phi) is 5.06. The molecule has 18 heavy (non-hydrogen) atoms. The molecule has 0 fully saturated rings. The van der Waals surface area contributed by atoms with Crippen LogP contribution in [0.5, 0.6) is 5.75 Å². The van der Waals surface area contributed by atoms with E-state index in [2.05, 4.69) is 21.9 Å². The monoisotopic (exact) mass is 257 g/mol. The Morgan fingerprint density at radius 1 is 1.50 bits per heavy atom.